The molecule has 0 spiro atoms. The fourth-order valence-corrected chi connectivity index (χ4v) is 3.90. The Morgan fingerprint density at radius 1 is 1.15 bits per heavy atom. The van der Waals surface area contributed by atoms with Gasteiger partial charge in [0.05, 0.1) is 6.07 Å². The van der Waals surface area contributed by atoms with E-state index in [0.29, 0.717) is 12.0 Å². The average Bonchev–Trinajstić information content (AvgIpc) is 3.31. The van der Waals surface area contributed by atoms with E-state index in [1.807, 2.05) is 0 Å². The van der Waals surface area contributed by atoms with Crippen molar-refractivity contribution in [3.8, 4) is 6.07 Å². The topological polar surface area (TPSA) is 39.1 Å². The number of likely N-dealkylation sites (N-methyl/N-ethyl adjacent to an activating group) is 2. The minimum atomic E-state index is -0.300. The highest BCUT2D eigenvalue weighted by Gasteiger charge is 2.46. The summed E-state index contributed by atoms with van der Waals surface area (Å²) in [4.78, 5) is 2.47. The van der Waals surface area contributed by atoms with Crippen LogP contribution in [-0.2, 0) is 0 Å². The van der Waals surface area contributed by atoms with Gasteiger partial charge in [-0.1, -0.05) is 20.3 Å². The molecule has 0 aromatic rings. The van der Waals surface area contributed by atoms with E-state index in [2.05, 4.69) is 37.2 Å². The molecule has 20 heavy (non-hydrogen) atoms. The van der Waals surface area contributed by atoms with Crippen molar-refractivity contribution in [2.45, 2.75) is 70.4 Å². The Morgan fingerprint density at radius 2 is 1.80 bits per heavy atom. The summed E-state index contributed by atoms with van der Waals surface area (Å²) < 4.78 is 0. The van der Waals surface area contributed by atoms with Crippen molar-refractivity contribution in [3.05, 3.63) is 0 Å². The molecule has 0 heterocycles. The highest BCUT2D eigenvalue weighted by Crippen LogP contribution is 2.40. The van der Waals surface area contributed by atoms with Crippen molar-refractivity contribution < 1.29 is 0 Å². The van der Waals surface area contributed by atoms with Gasteiger partial charge in [-0.3, -0.25) is 5.32 Å². The second-order valence-electron chi connectivity index (χ2n) is 6.89. The molecule has 2 aliphatic rings. The Kier molecular flexibility index (Phi) is 5.46. The normalized spacial score (nSPS) is 29.9. The summed E-state index contributed by atoms with van der Waals surface area (Å²) in [6.45, 7) is 6.21. The summed E-state index contributed by atoms with van der Waals surface area (Å²) in [6.07, 6.45) is 9.14. The summed E-state index contributed by atoms with van der Waals surface area (Å²) in [5.41, 5.74) is -0.300. The van der Waals surface area contributed by atoms with E-state index >= 15 is 0 Å². The number of nitriles is 1. The Bertz CT molecular complexity index is 337. The number of rotatable bonds is 7. The lowest BCUT2D eigenvalue weighted by Crippen LogP contribution is -2.55. The lowest BCUT2D eigenvalue weighted by molar-refractivity contribution is 0.130. The van der Waals surface area contributed by atoms with E-state index in [9.17, 15) is 5.26 Å². The van der Waals surface area contributed by atoms with Gasteiger partial charge in [0.1, 0.15) is 5.54 Å². The Balaban J connectivity index is 1.92. The van der Waals surface area contributed by atoms with Gasteiger partial charge < -0.3 is 4.90 Å². The average molecular weight is 277 g/mol. The molecule has 2 rings (SSSR count). The molecule has 1 atom stereocenters. The monoisotopic (exact) mass is 277 g/mol. The second-order valence-corrected chi connectivity index (χ2v) is 6.89. The first-order valence-corrected chi connectivity index (χ1v) is 8.51. The summed E-state index contributed by atoms with van der Waals surface area (Å²) >= 11 is 0. The van der Waals surface area contributed by atoms with Crippen LogP contribution in [-0.4, -0.2) is 36.6 Å². The van der Waals surface area contributed by atoms with Crippen molar-refractivity contribution in [2.24, 2.45) is 11.8 Å². The SMILES string of the molecule is CCNC(C#N)(CN(C)C1CCC(CC)CC1)C1CC1. The van der Waals surface area contributed by atoms with Gasteiger partial charge in [-0.2, -0.15) is 5.26 Å². The van der Waals surface area contributed by atoms with Crippen molar-refractivity contribution in [1.82, 2.24) is 10.2 Å². The summed E-state index contributed by atoms with van der Waals surface area (Å²) in [7, 11) is 2.22. The lowest BCUT2D eigenvalue weighted by Gasteiger charge is -2.39. The molecule has 1 N–H and O–H groups in total. The Hall–Kier alpha value is -0.590. The smallest absolute Gasteiger partial charge is 0.122 e. The van der Waals surface area contributed by atoms with Crippen LogP contribution in [0.3, 0.4) is 0 Å². The molecule has 1 unspecified atom stereocenters. The maximum Gasteiger partial charge on any atom is 0.122 e. The molecular formula is C17H31N3. The van der Waals surface area contributed by atoms with E-state index in [4.69, 9.17) is 0 Å². The Morgan fingerprint density at radius 3 is 2.25 bits per heavy atom. The van der Waals surface area contributed by atoms with Crippen LogP contribution in [0.1, 0.15) is 58.8 Å². The predicted molar refractivity (Wildman–Crippen MR) is 83.4 cm³/mol. The van der Waals surface area contributed by atoms with Crippen LogP contribution >= 0.6 is 0 Å². The van der Waals surface area contributed by atoms with Gasteiger partial charge in [-0.05, 0) is 64.0 Å². The zero-order chi connectivity index (χ0) is 14.6. The molecule has 0 saturated heterocycles. The highest BCUT2D eigenvalue weighted by atomic mass is 15.2. The lowest BCUT2D eigenvalue weighted by atomic mass is 9.83. The number of nitrogens with one attached hydrogen (secondary N) is 1. The molecule has 114 valence electrons. The predicted octanol–water partition coefficient (Wildman–Crippen LogP) is 3.17. The quantitative estimate of drug-likeness (QED) is 0.777. The van der Waals surface area contributed by atoms with Gasteiger partial charge in [0, 0.05) is 12.6 Å². The standard InChI is InChI=1S/C17H31N3/c1-4-14-6-10-16(11-7-14)20(3)13-17(12-18,19-5-2)15-8-9-15/h14-16,19H,4-11,13H2,1-3H3. The highest BCUT2D eigenvalue weighted by molar-refractivity contribution is 5.16. The van der Waals surface area contributed by atoms with Gasteiger partial charge in [0.25, 0.3) is 0 Å². The molecule has 0 aliphatic heterocycles. The summed E-state index contributed by atoms with van der Waals surface area (Å²) in [5.74, 6) is 1.51. The number of hydrogen-bond acceptors (Lipinski definition) is 3. The van der Waals surface area contributed by atoms with Crippen LogP contribution in [0.15, 0.2) is 0 Å². The van der Waals surface area contributed by atoms with Gasteiger partial charge in [0.15, 0.2) is 0 Å². The van der Waals surface area contributed by atoms with E-state index in [1.54, 1.807) is 0 Å². The molecule has 0 radical (unpaired) electrons. The van der Waals surface area contributed by atoms with Gasteiger partial charge in [0.2, 0.25) is 0 Å². The molecule has 0 aromatic carbocycles. The second kappa shape index (κ2) is 6.91. The van der Waals surface area contributed by atoms with Crippen LogP contribution in [0.4, 0.5) is 0 Å². The summed E-state index contributed by atoms with van der Waals surface area (Å²) in [5, 5.41) is 13.2. The molecule has 0 bridgehead atoms. The molecular weight excluding hydrogens is 246 g/mol. The van der Waals surface area contributed by atoms with Crippen LogP contribution in [0, 0.1) is 23.2 Å². The van der Waals surface area contributed by atoms with Gasteiger partial charge in [-0.15, -0.1) is 0 Å². The minimum absolute atomic E-state index is 0.300. The van der Waals surface area contributed by atoms with Crippen molar-refractivity contribution >= 4 is 0 Å². The Labute approximate surface area is 124 Å². The third-order valence-electron chi connectivity index (χ3n) is 5.48. The minimum Gasteiger partial charge on any atom is -0.301 e. The van der Waals surface area contributed by atoms with E-state index in [-0.39, 0.29) is 5.54 Å². The fourth-order valence-electron chi connectivity index (χ4n) is 3.90. The van der Waals surface area contributed by atoms with Crippen molar-refractivity contribution in [3.63, 3.8) is 0 Å². The zero-order valence-corrected chi connectivity index (χ0v) is 13.5. The van der Waals surface area contributed by atoms with Crippen LogP contribution < -0.4 is 5.32 Å². The van der Waals surface area contributed by atoms with Crippen molar-refractivity contribution in [1.29, 1.82) is 5.26 Å². The largest absolute Gasteiger partial charge is 0.301 e. The van der Waals surface area contributed by atoms with Gasteiger partial charge in [-0.25, -0.2) is 0 Å². The molecule has 2 fully saturated rings. The fraction of sp³-hybridized carbons (Fsp3) is 0.941. The molecule has 2 aliphatic carbocycles. The molecule has 0 amide bonds. The van der Waals surface area contributed by atoms with Crippen LogP contribution in [0.2, 0.25) is 0 Å². The molecule has 3 heteroatoms. The molecule has 0 aromatic heterocycles. The van der Waals surface area contributed by atoms with E-state index in [1.165, 1.54) is 44.9 Å². The molecule has 3 nitrogen and oxygen atoms in total. The third kappa shape index (κ3) is 3.54. The number of hydrogen-bond donors (Lipinski definition) is 1. The summed E-state index contributed by atoms with van der Waals surface area (Å²) in [6, 6.07) is 3.30. The zero-order valence-electron chi connectivity index (χ0n) is 13.5. The van der Waals surface area contributed by atoms with Crippen LogP contribution in [0.5, 0.6) is 0 Å². The number of nitrogens with zero attached hydrogens (tertiary/aromatic N) is 2. The van der Waals surface area contributed by atoms with Crippen molar-refractivity contribution in [2.75, 3.05) is 20.1 Å². The maximum atomic E-state index is 9.71. The van der Waals surface area contributed by atoms with E-state index < -0.39 is 0 Å². The first-order chi connectivity index (χ1) is 9.65. The van der Waals surface area contributed by atoms with E-state index in [0.717, 1.165) is 19.0 Å². The maximum absolute atomic E-state index is 9.71. The molecule has 2 saturated carbocycles. The van der Waals surface area contributed by atoms with Crippen LogP contribution in [0.25, 0.3) is 0 Å². The third-order valence-corrected chi connectivity index (χ3v) is 5.48. The first-order valence-electron chi connectivity index (χ1n) is 8.51. The first kappa shape index (κ1) is 15.8. The van der Waals surface area contributed by atoms with Gasteiger partial charge >= 0.3 is 0 Å².